The number of piperazine rings is 1. The van der Waals surface area contributed by atoms with E-state index in [1.54, 1.807) is 6.92 Å². The predicted octanol–water partition coefficient (Wildman–Crippen LogP) is 4.25. The summed E-state index contributed by atoms with van der Waals surface area (Å²) in [6.45, 7) is 5.26. The minimum atomic E-state index is -0.381. The molecule has 1 heterocycles. The molecule has 1 saturated carbocycles. The van der Waals surface area contributed by atoms with Crippen molar-refractivity contribution in [1.29, 1.82) is 0 Å². The van der Waals surface area contributed by atoms with Gasteiger partial charge in [0.2, 0.25) is 0 Å². The van der Waals surface area contributed by atoms with Crippen molar-refractivity contribution in [3.05, 3.63) is 34.9 Å². The lowest BCUT2D eigenvalue weighted by atomic mass is 9.88. The number of nitrogens with one attached hydrogen (secondary N) is 1. The highest BCUT2D eigenvalue weighted by Crippen LogP contribution is 2.41. The van der Waals surface area contributed by atoms with E-state index in [9.17, 15) is 8.78 Å². The Balaban J connectivity index is 0.00000132. The van der Waals surface area contributed by atoms with Gasteiger partial charge in [0.25, 0.3) is 0 Å². The van der Waals surface area contributed by atoms with Crippen LogP contribution < -0.4 is 5.32 Å². The third kappa shape index (κ3) is 4.36. The van der Waals surface area contributed by atoms with Crippen LogP contribution in [0.1, 0.15) is 42.9 Å². The Hall–Kier alpha value is -0.420. The smallest absolute Gasteiger partial charge is 0.133 e. The number of aryl methyl sites for hydroxylation is 1. The lowest BCUT2D eigenvalue weighted by Crippen LogP contribution is -2.47. The molecule has 1 aromatic carbocycles. The minimum absolute atomic E-state index is 0. The highest BCUT2D eigenvalue weighted by atomic mass is 35.5. The molecule has 1 saturated heterocycles. The second-order valence-electron chi connectivity index (χ2n) is 6.37. The van der Waals surface area contributed by atoms with Crippen LogP contribution in [0.2, 0.25) is 0 Å². The third-order valence-electron chi connectivity index (χ3n) is 5.01. The van der Waals surface area contributed by atoms with E-state index in [0.717, 1.165) is 39.0 Å². The van der Waals surface area contributed by atoms with Gasteiger partial charge in [-0.3, -0.25) is 4.90 Å². The average molecular weight is 367 g/mol. The summed E-state index contributed by atoms with van der Waals surface area (Å²) in [4.78, 5) is 2.29. The number of rotatable bonds is 3. The second kappa shape index (κ2) is 9.16. The summed E-state index contributed by atoms with van der Waals surface area (Å²) >= 11 is 0. The molecule has 23 heavy (non-hydrogen) atoms. The maximum Gasteiger partial charge on any atom is 0.133 e. The summed E-state index contributed by atoms with van der Waals surface area (Å²) in [5.41, 5.74) is 0.855. The second-order valence-corrected chi connectivity index (χ2v) is 6.37. The van der Waals surface area contributed by atoms with Gasteiger partial charge in [0.05, 0.1) is 0 Å². The van der Waals surface area contributed by atoms with Crippen LogP contribution in [0.5, 0.6) is 0 Å². The lowest BCUT2D eigenvalue weighted by Gasteiger charge is -2.39. The first kappa shape index (κ1) is 20.6. The Morgan fingerprint density at radius 2 is 1.70 bits per heavy atom. The van der Waals surface area contributed by atoms with Crippen molar-refractivity contribution in [2.24, 2.45) is 5.92 Å². The third-order valence-corrected chi connectivity index (χ3v) is 5.01. The van der Waals surface area contributed by atoms with E-state index in [0.29, 0.717) is 17.0 Å². The number of benzene rings is 1. The zero-order chi connectivity index (χ0) is 14.8. The standard InChI is InChI=1S/C17H24F2N2.2ClH/c1-12-6-7-14(18)15(16(12)19)17(13-4-2-3-5-13)21-10-8-20-9-11-21;;/h6-7,13,17,20H,2-5,8-11H2,1H3;2*1H/t17-;;/m0../s1. The number of halogens is 4. The fourth-order valence-electron chi connectivity index (χ4n) is 3.90. The van der Waals surface area contributed by atoms with Gasteiger partial charge in [0.1, 0.15) is 11.6 Å². The molecule has 1 aliphatic heterocycles. The summed E-state index contributed by atoms with van der Waals surface area (Å²) in [5, 5.41) is 3.32. The highest BCUT2D eigenvalue weighted by Gasteiger charge is 2.35. The van der Waals surface area contributed by atoms with Gasteiger partial charge in [-0.05, 0) is 37.3 Å². The molecule has 6 heteroatoms. The van der Waals surface area contributed by atoms with E-state index < -0.39 is 0 Å². The van der Waals surface area contributed by atoms with Crippen molar-refractivity contribution < 1.29 is 8.78 Å². The molecule has 0 amide bonds. The topological polar surface area (TPSA) is 15.3 Å². The van der Waals surface area contributed by atoms with Gasteiger partial charge in [-0.15, -0.1) is 24.8 Å². The van der Waals surface area contributed by atoms with E-state index in [1.165, 1.54) is 25.0 Å². The van der Waals surface area contributed by atoms with E-state index in [-0.39, 0.29) is 42.5 Å². The van der Waals surface area contributed by atoms with Crippen molar-refractivity contribution in [2.45, 2.75) is 38.6 Å². The zero-order valence-corrected chi connectivity index (χ0v) is 15.1. The van der Waals surface area contributed by atoms with Gasteiger partial charge in [0, 0.05) is 37.8 Å². The van der Waals surface area contributed by atoms with Crippen LogP contribution in [-0.4, -0.2) is 31.1 Å². The monoisotopic (exact) mass is 366 g/mol. The summed E-state index contributed by atoms with van der Waals surface area (Å²) in [5.74, 6) is -0.340. The van der Waals surface area contributed by atoms with Crippen LogP contribution in [-0.2, 0) is 0 Å². The van der Waals surface area contributed by atoms with Gasteiger partial charge in [-0.25, -0.2) is 8.78 Å². The first-order chi connectivity index (χ1) is 10.2. The molecule has 0 unspecified atom stereocenters. The minimum Gasteiger partial charge on any atom is -0.314 e. The van der Waals surface area contributed by atoms with Crippen LogP contribution in [0, 0.1) is 24.5 Å². The van der Waals surface area contributed by atoms with Crippen molar-refractivity contribution >= 4 is 24.8 Å². The quantitative estimate of drug-likeness (QED) is 0.859. The van der Waals surface area contributed by atoms with E-state index in [1.807, 2.05) is 0 Å². The van der Waals surface area contributed by atoms with Gasteiger partial charge in [0.15, 0.2) is 0 Å². The molecule has 2 nitrogen and oxygen atoms in total. The van der Waals surface area contributed by atoms with Crippen LogP contribution in [0.4, 0.5) is 8.78 Å². The highest BCUT2D eigenvalue weighted by molar-refractivity contribution is 5.85. The molecular formula is C17H26Cl2F2N2. The molecule has 1 aromatic rings. The van der Waals surface area contributed by atoms with Gasteiger partial charge in [-0.1, -0.05) is 18.9 Å². The lowest BCUT2D eigenvalue weighted by molar-refractivity contribution is 0.119. The summed E-state index contributed by atoms with van der Waals surface area (Å²) in [7, 11) is 0. The number of nitrogens with zero attached hydrogens (tertiary/aromatic N) is 1. The van der Waals surface area contributed by atoms with Gasteiger partial charge >= 0.3 is 0 Å². The maximum atomic E-state index is 14.6. The Bertz CT molecular complexity index is 502. The summed E-state index contributed by atoms with van der Waals surface area (Å²) in [6, 6.07) is 2.87. The van der Waals surface area contributed by atoms with Crippen LogP contribution in [0.3, 0.4) is 0 Å². The number of hydrogen-bond donors (Lipinski definition) is 1. The average Bonchev–Trinajstić information content (AvgIpc) is 3.02. The molecule has 0 bridgehead atoms. The summed E-state index contributed by atoms with van der Waals surface area (Å²) in [6.07, 6.45) is 4.54. The molecule has 0 radical (unpaired) electrons. The Morgan fingerprint density at radius 1 is 1.09 bits per heavy atom. The molecule has 3 rings (SSSR count). The van der Waals surface area contributed by atoms with Gasteiger partial charge in [-0.2, -0.15) is 0 Å². The SMILES string of the molecule is Cc1ccc(F)c([C@H](C2CCCC2)N2CCNCC2)c1F.Cl.Cl. The fraction of sp³-hybridized carbons (Fsp3) is 0.647. The van der Waals surface area contributed by atoms with Crippen LogP contribution in [0.15, 0.2) is 12.1 Å². The zero-order valence-electron chi connectivity index (χ0n) is 13.5. The van der Waals surface area contributed by atoms with E-state index >= 15 is 0 Å². The molecule has 0 aromatic heterocycles. The van der Waals surface area contributed by atoms with Gasteiger partial charge < -0.3 is 5.32 Å². The first-order valence-electron chi connectivity index (χ1n) is 8.07. The van der Waals surface area contributed by atoms with E-state index in [4.69, 9.17) is 0 Å². The van der Waals surface area contributed by atoms with Crippen molar-refractivity contribution in [3.63, 3.8) is 0 Å². The van der Waals surface area contributed by atoms with Crippen molar-refractivity contribution in [2.75, 3.05) is 26.2 Å². The van der Waals surface area contributed by atoms with Crippen LogP contribution in [0.25, 0.3) is 0 Å². The largest absolute Gasteiger partial charge is 0.314 e. The molecule has 132 valence electrons. The molecule has 2 aliphatic rings. The molecule has 1 N–H and O–H groups in total. The predicted molar refractivity (Wildman–Crippen MR) is 94.7 cm³/mol. The fourth-order valence-corrected chi connectivity index (χ4v) is 3.90. The Morgan fingerprint density at radius 3 is 2.30 bits per heavy atom. The molecular weight excluding hydrogens is 341 g/mol. The Kier molecular flexibility index (Phi) is 8.22. The number of hydrogen-bond acceptors (Lipinski definition) is 2. The molecule has 0 spiro atoms. The normalized spacial score (nSPS) is 20.7. The molecule has 1 aliphatic carbocycles. The molecule has 2 fully saturated rings. The van der Waals surface area contributed by atoms with E-state index in [2.05, 4.69) is 10.2 Å². The molecule has 1 atom stereocenters. The summed E-state index contributed by atoms with van der Waals surface area (Å²) < 4.78 is 29.0. The maximum absolute atomic E-state index is 14.6. The van der Waals surface area contributed by atoms with Crippen molar-refractivity contribution in [3.8, 4) is 0 Å². The van der Waals surface area contributed by atoms with Crippen molar-refractivity contribution in [1.82, 2.24) is 10.2 Å². The first-order valence-corrected chi connectivity index (χ1v) is 8.07. The Labute approximate surface area is 149 Å². The van der Waals surface area contributed by atoms with Crippen LogP contribution >= 0.6 is 24.8 Å².